The molecule has 0 radical (unpaired) electrons. The van der Waals surface area contributed by atoms with Crippen LogP contribution >= 0.6 is 0 Å². The molecule has 5 nitrogen and oxygen atoms in total. The molecule has 0 N–H and O–H groups in total. The van der Waals surface area contributed by atoms with Gasteiger partial charge in [-0.25, -0.2) is 0 Å². The molecule has 0 aromatic rings. The second kappa shape index (κ2) is 8.29. The summed E-state index contributed by atoms with van der Waals surface area (Å²) in [5, 5.41) is 0. The zero-order valence-electron chi connectivity index (χ0n) is 10.5. The van der Waals surface area contributed by atoms with Crippen LogP contribution in [-0.4, -0.2) is 45.9 Å². The summed E-state index contributed by atoms with van der Waals surface area (Å²) in [5.41, 5.74) is 0. The minimum atomic E-state index is -2.23. The first kappa shape index (κ1) is 15.1. The van der Waals surface area contributed by atoms with Crippen molar-refractivity contribution < 1.29 is 18.4 Å². The molecule has 16 heavy (non-hydrogen) atoms. The van der Waals surface area contributed by atoms with Gasteiger partial charge in [0.05, 0.1) is 6.17 Å². The molecule has 0 saturated heterocycles. The number of hydrogen-bond donors (Lipinski definition) is 0. The van der Waals surface area contributed by atoms with Crippen LogP contribution in [0.4, 0.5) is 0 Å². The van der Waals surface area contributed by atoms with Gasteiger partial charge in [0.25, 0.3) is 11.9 Å². The number of carbonyl (C=O) groups excluding carboxylic acids is 2. The zero-order chi connectivity index (χ0) is 12.6. The van der Waals surface area contributed by atoms with Gasteiger partial charge in [-0.3, -0.25) is 9.59 Å². The highest BCUT2D eigenvalue weighted by molar-refractivity contribution is 6.49. The second-order valence-electron chi connectivity index (χ2n) is 3.47. The lowest BCUT2D eigenvalue weighted by Gasteiger charge is -2.20. The molecule has 0 rings (SSSR count). The smallest absolute Gasteiger partial charge is 0.462 e. The van der Waals surface area contributed by atoms with Gasteiger partial charge in [0, 0.05) is 12.8 Å². The van der Waals surface area contributed by atoms with Gasteiger partial charge in [0.15, 0.2) is 0 Å². The molecule has 0 unspecified atom stereocenters. The van der Waals surface area contributed by atoms with Gasteiger partial charge in [-0.05, 0) is 13.6 Å². The molecule has 6 heteroatoms. The standard InChI is InChI=1S/C10H21NO4Si/c1-5-9(12)14-16(8-11(4)7-3)15-10(13)6-2/h16H,5-8H2,1-4H3. The van der Waals surface area contributed by atoms with Crippen molar-refractivity contribution in [2.24, 2.45) is 0 Å². The predicted octanol–water partition coefficient (Wildman–Crippen LogP) is 0.604. The number of carbonyl (C=O) groups is 2. The summed E-state index contributed by atoms with van der Waals surface area (Å²) in [4.78, 5) is 24.3. The van der Waals surface area contributed by atoms with Gasteiger partial charge >= 0.3 is 9.28 Å². The molecule has 94 valence electrons. The molecule has 0 spiro atoms. The largest absolute Gasteiger partial charge is 0.486 e. The topological polar surface area (TPSA) is 55.8 Å². The fourth-order valence-corrected chi connectivity index (χ4v) is 2.83. The summed E-state index contributed by atoms with van der Waals surface area (Å²) in [7, 11) is -0.331. The van der Waals surface area contributed by atoms with Crippen molar-refractivity contribution in [2.45, 2.75) is 33.6 Å². The number of hydrogen-bond acceptors (Lipinski definition) is 5. The molecule has 0 aromatic heterocycles. The lowest BCUT2D eigenvalue weighted by Crippen LogP contribution is -2.40. The highest BCUT2D eigenvalue weighted by Gasteiger charge is 2.23. The first-order valence-corrected chi connectivity index (χ1v) is 7.36. The van der Waals surface area contributed by atoms with Crippen molar-refractivity contribution in [3.05, 3.63) is 0 Å². The van der Waals surface area contributed by atoms with E-state index >= 15 is 0 Å². The number of nitrogens with zero attached hydrogens (tertiary/aromatic N) is 1. The Morgan fingerprint density at radius 3 is 1.81 bits per heavy atom. The molecule has 0 saturated carbocycles. The van der Waals surface area contributed by atoms with E-state index in [-0.39, 0.29) is 11.9 Å². The molecule has 0 atom stereocenters. The molecule has 0 amide bonds. The quantitative estimate of drug-likeness (QED) is 0.617. The first-order chi connectivity index (χ1) is 7.53. The Kier molecular flexibility index (Phi) is 7.83. The van der Waals surface area contributed by atoms with E-state index in [0.717, 1.165) is 6.54 Å². The molecule has 0 heterocycles. The Labute approximate surface area is 98.6 Å². The van der Waals surface area contributed by atoms with Gasteiger partial charge in [-0.1, -0.05) is 20.8 Å². The van der Waals surface area contributed by atoms with Gasteiger partial charge in [0.2, 0.25) is 0 Å². The average molecular weight is 247 g/mol. The Morgan fingerprint density at radius 1 is 1.06 bits per heavy atom. The minimum absolute atomic E-state index is 0.301. The molecular weight excluding hydrogens is 226 g/mol. The SMILES string of the molecule is CCC(=O)O[SiH](CN(C)CC)OC(=O)CC. The minimum Gasteiger partial charge on any atom is -0.486 e. The van der Waals surface area contributed by atoms with Crippen molar-refractivity contribution in [2.75, 3.05) is 19.8 Å². The van der Waals surface area contributed by atoms with Crippen LogP contribution in [0.1, 0.15) is 33.6 Å². The maximum absolute atomic E-state index is 11.2. The van der Waals surface area contributed by atoms with Crippen LogP contribution in [0.15, 0.2) is 0 Å². The van der Waals surface area contributed by atoms with Crippen molar-refractivity contribution >= 4 is 21.2 Å². The molecule has 0 aliphatic rings. The van der Waals surface area contributed by atoms with Crippen LogP contribution in [0.2, 0.25) is 0 Å². The van der Waals surface area contributed by atoms with E-state index in [1.165, 1.54) is 0 Å². The lowest BCUT2D eigenvalue weighted by molar-refractivity contribution is -0.140. The van der Waals surface area contributed by atoms with Crippen molar-refractivity contribution in [3.8, 4) is 0 Å². The van der Waals surface area contributed by atoms with Crippen molar-refractivity contribution in [3.63, 3.8) is 0 Å². The third kappa shape index (κ3) is 6.57. The summed E-state index contributed by atoms with van der Waals surface area (Å²) < 4.78 is 10.3. The Balaban J connectivity index is 4.26. The molecule has 0 aliphatic heterocycles. The summed E-state index contributed by atoms with van der Waals surface area (Å²) in [5.74, 6) is -0.602. The van der Waals surface area contributed by atoms with E-state index in [2.05, 4.69) is 0 Å². The van der Waals surface area contributed by atoms with Crippen LogP contribution in [0, 0.1) is 0 Å². The normalized spacial score (nSPS) is 10.6. The fraction of sp³-hybridized carbons (Fsp3) is 0.800. The van der Waals surface area contributed by atoms with E-state index in [1.807, 2.05) is 18.9 Å². The summed E-state index contributed by atoms with van der Waals surface area (Å²) in [6.45, 7) is 6.27. The van der Waals surface area contributed by atoms with Crippen LogP contribution in [0.5, 0.6) is 0 Å². The van der Waals surface area contributed by atoms with Gasteiger partial charge in [-0.2, -0.15) is 0 Å². The van der Waals surface area contributed by atoms with Crippen molar-refractivity contribution in [1.82, 2.24) is 4.90 Å². The third-order valence-electron chi connectivity index (χ3n) is 2.10. The van der Waals surface area contributed by atoms with E-state index in [9.17, 15) is 9.59 Å². The maximum Gasteiger partial charge on any atom is 0.462 e. The molecule has 0 bridgehead atoms. The monoisotopic (exact) mass is 247 g/mol. The van der Waals surface area contributed by atoms with Gasteiger partial charge < -0.3 is 13.8 Å². The fourth-order valence-electron chi connectivity index (χ4n) is 0.942. The highest BCUT2D eigenvalue weighted by atomic mass is 28.3. The molecule has 0 fully saturated rings. The average Bonchev–Trinajstić information content (AvgIpc) is 2.28. The Morgan fingerprint density at radius 2 is 1.50 bits per heavy atom. The molecular formula is C10H21NO4Si. The zero-order valence-corrected chi connectivity index (χ0v) is 11.6. The van der Waals surface area contributed by atoms with Crippen LogP contribution in [0.3, 0.4) is 0 Å². The van der Waals surface area contributed by atoms with E-state index in [1.54, 1.807) is 13.8 Å². The predicted molar refractivity (Wildman–Crippen MR) is 63.1 cm³/mol. The van der Waals surface area contributed by atoms with E-state index in [0.29, 0.717) is 19.0 Å². The van der Waals surface area contributed by atoms with Crippen LogP contribution in [-0.2, 0) is 18.4 Å². The Bertz CT molecular complexity index is 217. The van der Waals surface area contributed by atoms with Gasteiger partial charge in [0.1, 0.15) is 0 Å². The third-order valence-corrected chi connectivity index (χ3v) is 4.08. The summed E-state index contributed by atoms with van der Waals surface area (Å²) >= 11 is 0. The highest BCUT2D eigenvalue weighted by Crippen LogP contribution is 1.98. The summed E-state index contributed by atoms with van der Waals surface area (Å²) in [6, 6.07) is 0. The maximum atomic E-state index is 11.2. The molecule has 0 aliphatic carbocycles. The lowest BCUT2D eigenvalue weighted by atomic mass is 10.5. The van der Waals surface area contributed by atoms with Crippen molar-refractivity contribution in [1.29, 1.82) is 0 Å². The molecule has 0 aromatic carbocycles. The van der Waals surface area contributed by atoms with Crippen LogP contribution in [0.25, 0.3) is 0 Å². The number of rotatable bonds is 7. The van der Waals surface area contributed by atoms with Gasteiger partial charge in [-0.15, -0.1) is 0 Å². The van der Waals surface area contributed by atoms with Crippen LogP contribution < -0.4 is 0 Å². The summed E-state index contributed by atoms with van der Waals surface area (Å²) in [6.07, 6.45) is 1.15. The van der Waals surface area contributed by atoms with E-state index < -0.39 is 9.28 Å². The first-order valence-electron chi connectivity index (χ1n) is 5.60. The van der Waals surface area contributed by atoms with E-state index in [4.69, 9.17) is 8.85 Å². The second-order valence-corrected chi connectivity index (χ2v) is 5.17. The Hall–Kier alpha value is -0.883.